The van der Waals surface area contributed by atoms with Crippen LogP contribution in [0.2, 0.25) is 0 Å². The Kier molecular flexibility index (Phi) is 4.56. The molecule has 0 amide bonds. The van der Waals surface area contributed by atoms with E-state index in [1.54, 1.807) is 0 Å². The molecule has 4 rings (SSSR count). The van der Waals surface area contributed by atoms with Crippen molar-refractivity contribution in [3.05, 3.63) is 12.7 Å². The standard InChI is InChI=1S/C23H34O3/c1-4-16-6-8-20-19-7-5-17-13-18(26-15(2)25)9-12-23(17,14-24)21(19)10-11-22(16,20)3/h4,14,16-21H,1,5-13H2,2-3H3/t16-,17-,18-,19-,20-,21-,22+,23+/m0/s1. The van der Waals surface area contributed by atoms with Crippen LogP contribution in [0, 0.1) is 40.4 Å². The van der Waals surface area contributed by atoms with Crippen LogP contribution < -0.4 is 0 Å². The highest BCUT2D eigenvalue weighted by Crippen LogP contribution is 2.67. The lowest BCUT2D eigenvalue weighted by Crippen LogP contribution is -2.56. The van der Waals surface area contributed by atoms with Crippen molar-refractivity contribution in [3.63, 3.8) is 0 Å². The summed E-state index contributed by atoms with van der Waals surface area (Å²) in [6.07, 6.45) is 13.6. The Labute approximate surface area is 157 Å². The van der Waals surface area contributed by atoms with Crippen molar-refractivity contribution >= 4 is 12.3 Å². The zero-order chi connectivity index (χ0) is 18.5. The highest BCUT2D eigenvalue weighted by atomic mass is 16.5. The molecule has 0 bridgehead atoms. The summed E-state index contributed by atoms with van der Waals surface area (Å²) in [5, 5.41) is 0. The van der Waals surface area contributed by atoms with Gasteiger partial charge in [0.1, 0.15) is 12.4 Å². The number of ether oxygens (including phenoxy) is 1. The molecule has 3 heteroatoms. The first-order valence-electron chi connectivity index (χ1n) is 10.7. The lowest BCUT2D eigenvalue weighted by atomic mass is 9.44. The molecule has 8 atom stereocenters. The molecule has 0 aliphatic heterocycles. The molecule has 0 spiro atoms. The van der Waals surface area contributed by atoms with Gasteiger partial charge >= 0.3 is 5.97 Å². The third kappa shape index (κ3) is 2.52. The summed E-state index contributed by atoms with van der Waals surface area (Å²) in [6, 6.07) is 0. The van der Waals surface area contributed by atoms with Gasteiger partial charge in [0.15, 0.2) is 0 Å². The van der Waals surface area contributed by atoms with E-state index in [4.69, 9.17) is 4.74 Å². The molecule has 0 aromatic heterocycles. The average molecular weight is 359 g/mol. The van der Waals surface area contributed by atoms with Gasteiger partial charge in [-0.2, -0.15) is 0 Å². The van der Waals surface area contributed by atoms with Gasteiger partial charge in [-0.3, -0.25) is 4.79 Å². The summed E-state index contributed by atoms with van der Waals surface area (Å²) in [7, 11) is 0. The van der Waals surface area contributed by atoms with E-state index in [-0.39, 0.29) is 17.5 Å². The second kappa shape index (κ2) is 6.49. The normalized spacial score (nSPS) is 50.1. The lowest BCUT2D eigenvalue weighted by Gasteiger charge is -2.60. The molecule has 4 fully saturated rings. The Morgan fingerprint density at radius 1 is 1.08 bits per heavy atom. The van der Waals surface area contributed by atoms with Gasteiger partial charge < -0.3 is 9.53 Å². The molecule has 3 nitrogen and oxygen atoms in total. The molecular formula is C23H34O3. The molecule has 144 valence electrons. The van der Waals surface area contributed by atoms with Crippen LogP contribution in [-0.2, 0) is 14.3 Å². The fourth-order valence-electron chi connectivity index (χ4n) is 7.91. The second-order valence-electron chi connectivity index (χ2n) is 9.85. The fourth-order valence-corrected chi connectivity index (χ4v) is 7.91. The molecule has 0 unspecified atom stereocenters. The van der Waals surface area contributed by atoms with Crippen LogP contribution in [0.1, 0.15) is 71.6 Å². The van der Waals surface area contributed by atoms with E-state index in [1.165, 1.54) is 45.3 Å². The predicted molar refractivity (Wildman–Crippen MR) is 101 cm³/mol. The van der Waals surface area contributed by atoms with Crippen LogP contribution in [0.3, 0.4) is 0 Å². The minimum atomic E-state index is -0.183. The van der Waals surface area contributed by atoms with Gasteiger partial charge in [-0.15, -0.1) is 6.58 Å². The number of fused-ring (bicyclic) bond motifs is 5. The molecule has 0 radical (unpaired) electrons. The highest BCUT2D eigenvalue weighted by Gasteiger charge is 2.61. The maximum absolute atomic E-state index is 12.5. The van der Waals surface area contributed by atoms with Crippen molar-refractivity contribution in [2.75, 3.05) is 0 Å². The fraction of sp³-hybridized carbons (Fsp3) is 0.826. The molecule has 0 saturated heterocycles. The topological polar surface area (TPSA) is 43.4 Å². The summed E-state index contributed by atoms with van der Waals surface area (Å²) >= 11 is 0. The number of allylic oxidation sites excluding steroid dienone is 1. The average Bonchev–Trinajstić information content (AvgIpc) is 2.97. The molecule has 4 saturated carbocycles. The van der Waals surface area contributed by atoms with Gasteiger partial charge in [0.2, 0.25) is 0 Å². The maximum Gasteiger partial charge on any atom is 0.302 e. The summed E-state index contributed by atoms with van der Waals surface area (Å²) in [5.41, 5.74) is 0.238. The minimum Gasteiger partial charge on any atom is -0.463 e. The maximum atomic E-state index is 12.5. The first-order valence-corrected chi connectivity index (χ1v) is 10.7. The zero-order valence-corrected chi connectivity index (χ0v) is 16.4. The molecular weight excluding hydrogens is 324 g/mol. The summed E-state index contributed by atoms with van der Waals surface area (Å²) < 4.78 is 5.51. The number of hydrogen-bond donors (Lipinski definition) is 0. The largest absolute Gasteiger partial charge is 0.463 e. The van der Waals surface area contributed by atoms with Crippen molar-refractivity contribution in [2.24, 2.45) is 40.4 Å². The van der Waals surface area contributed by atoms with Crippen molar-refractivity contribution in [3.8, 4) is 0 Å². The number of carbonyl (C=O) groups excluding carboxylic acids is 2. The van der Waals surface area contributed by atoms with Crippen LogP contribution in [-0.4, -0.2) is 18.4 Å². The van der Waals surface area contributed by atoms with E-state index in [9.17, 15) is 9.59 Å². The van der Waals surface area contributed by atoms with E-state index in [0.717, 1.165) is 31.6 Å². The van der Waals surface area contributed by atoms with Crippen molar-refractivity contribution < 1.29 is 14.3 Å². The first kappa shape index (κ1) is 18.3. The molecule has 26 heavy (non-hydrogen) atoms. The summed E-state index contributed by atoms with van der Waals surface area (Å²) in [6.45, 7) is 8.10. The number of aldehydes is 1. The van der Waals surface area contributed by atoms with Crippen molar-refractivity contribution in [1.29, 1.82) is 0 Å². The Bertz CT molecular complexity index is 598. The third-order valence-electron chi connectivity index (χ3n) is 9.09. The van der Waals surface area contributed by atoms with Crippen LogP contribution in [0.4, 0.5) is 0 Å². The minimum absolute atomic E-state index is 0.0209. The highest BCUT2D eigenvalue weighted by molar-refractivity contribution is 5.66. The Hall–Kier alpha value is -1.12. The zero-order valence-electron chi connectivity index (χ0n) is 16.4. The van der Waals surface area contributed by atoms with Crippen molar-refractivity contribution in [2.45, 2.75) is 77.7 Å². The van der Waals surface area contributed by atoms with Crippen LogP contribution in [0.15, 0.2) is 12.7 Å². The Balaban J connectivity index is 1.58. The number of esters is 1. The lowest BCUT2D eigenvalue weighted by molar-refractivity contribution is -0.164. The van der Waals surface area contributed by atoms with E-state index in [1.807, 2.05) is 0 Å². The quantitative estimate of drug-likeness (QED) is 0.408. The van der Waals surface area contributed by atoms with Crippen molar-refractivity contribution in [1.82, 2.24) is 0 Å². The predicted octanol–water partition coefficient (Wildman–Crippen LogP) is 4.94. The van der Waals surface area contributed by atoms with Gasteiger partial charge in [-0.05, 0) is 92.8 Å². The Morgan fingerprint density at radius 3 is 2.58 bits per heavy atom. The monoisotopic (exact) mass is 358 g/mol. The SMILES string of the molecule is C=C[C@H]1CC[C@H]2[C@@H]3CC[C@H]4C[C@@H](OC(C)=O)CC[C@]4(C=O)[C@H]3CC[C@]12C. The van der Waals surface area contributed by atoms with Gasteiger partial charge in [0.05, 0.1) is 0 Å². The molecule has 4 aliphatic rings. The van der Waals surface area contributed by atoms with Crippen LogP contribution >= 0.6 is 0 Å². The van der Waals surface area contributed by atoms with Gasteiger partial charge in [0, 0.05) is 12.3 Å². The van der Waals surface area contributed by atoms with Crippen LogP contribution in [0.5, 0.6) is 0 Å². The number of rotatable bonds is 3. The molecule has 4 aliphatic carbocycles. The summed E-state index contributed by atoms with van der Waals surface area (Å²) in [5.74, 6) is 2.87. The number of carbonyl (C=O) groups is 2. The van der Waals surface area contributed by atoms with E-state index in [0.29, 0.717) is 29.1 Å². The summed E-state index contributed by atoms with van der Waals surface area (Å²) in [4.78, 5) is 23.8. The Morgan fingerprint density at radius 2 is 1.88 bits per heavy atom. The second-order valence-corrected chi connectivity index (χ2v) is 9.85. The smallest absolute Gasteiger partial charge is 0.302 e. The van der Waals surface area contributed by atoms with Crippen LogP contribution in [0.25, 0.3) is 0 Å². The van der Waals surface area contributed by atoms with Gasteiger partial charge in [-0.1, -0.05) is 13.0 Å². The van der Waals surface area contributed by atoms with E-state index >= 15 is 0 Å². The van der Waals surface area contributed by atoms with Gasteiger partial charge in [-0.25, -0.2) is 0 Å². The molecule has 0 heterocycles. The van der Waals surface area contributed by atoms with E-state index in [2.05, 4.69) is 19.6 Å². The first-order chi connectivity index (χ1) is 12.4. The third-order valence-corrected chi connectivity index (χ3v) is 9.09. The molecule has 0 aromatic rings. The van der Waals surface area contributed by atoms with E-state index < -0.39 is 0 Å². The molecule has 0 aromatic carbocycles. The number of hydrogen-bond acceptors (Lipinski definition) is 3. The van der Waals surface area contributed by atoms with Gasteiger partial charge in [0.25, 0.3) is 0 Å². The molecule has 0 N–H and O–H groups in total.